The van der Waals surface area contributed by atoms with Crippen molar-refractivity contribution in [1.29, 1.82) is 0 Å². The summed E-state index contributed by atoms with van der Waals surface area (Å²) < 4.78 is 0. The lowest BCUT2D eigenvalue weighted by Gasteiger charge is -2.06. The van der Waals surface area contributed by atoms with Crippen molar-refractivity contribution in [2.24, 2.45) is 0 Å². The number of aryl methyl sites for hydroxylation is 1. The Morgan fingerprint density at radius 2 is 2.00 bits per heavy atom. The number of unbranched alkanes of at least 4 members (excludes halogenated alkanes) is 2. The van der Waals surface area contributed by atoms with E-state index in [9.17, 15) is 0 Å². The molecule has 3 heteroatoms. The smallest absolute Gasteiger partial charge is 0.0794 e. The highest BCUT2D eigenvalue weighted by atomic mass is 32.1. The van der Waals surface area contributed by atoms with Gasteiger partial charge in [-0.2, -0.15) is 0 Å². The van der Waals surface area contributed by atoms with Crippen LogP contribution in [0.4, 0.5) is 5.69 Å². The molecule has 0 aliphatic rings. The first-order valence-electron chi connectivity index (χ1n) is 6.58. The number of rotatable bonds is 7. The van der Waals surface area contributed by atoms with Gasteiger partial charge in [-0.25, -0.2) is 0 Å². The quantitative estimate of drug-likeness (QED) is 0.742. The molecule has 0 radical (unpaired) electrons. The average molecular weight is 260 g/mol. The van der Waals surface area contributed by atoms with Crippen molar-refractivity contribution in [2.45, 2.75) is 39.2 Å². The van der Waals surface area contributed by atoms with Crippen LogP contribution in [0.5, 0.6) is 0 Å². The van der Waals surface area contributed by atoms with Crippen LogP contribution in [0.15, 0.2) is 36.0 Å². The summed E-state index contributed by atoms with van der Waals surface area (Å²) in [5, 5.41) is 3.41. The van der Waals surface area contributed by atoms with E-state index in [2.05, 4.69) is 41.5 Å². The van der Waals surface area contributed by atoms with Crippen molar-refractivity contribution in [2.75, 3.05) is 5.32 Å². The second kappa shape index (κ2) is 7.17. The van der Waals surface area contributed by atoms with E-state index in [0.717, 1.165) is 6.54 Å². The molecule has 0 atom stereocenters. The molecule has 18 heavy (non-hydrogen) atoms. The fraction of sp³-hybridized carbons (Fsp3) is 0.400. The third-order valence-corrected chi connectivity index (χ3v) is 3.75. The number of aromatic nitrogens is 1. The summed E-state index contributed by atoms with van der Waals surface area (Å²) in [5.74, 6) is 0. The number of anilines is 1. The van der Waals surface area contributed by atoms with Gasteiger partial charge in [-0.15, -0.1) is 11.3 Å². The molecule has 2 aromatic rings. The Bertz CT molecular complexity index is 434. The van der Waals surface area contributed by atoms with Crippen molar-refractivity contribution < 1.29 is 0 Å². The molecule has 0 aliphatic heterocycles. The minimum Gasteiger partial charge on any atom is -0.380 e. The van der Waals surface area contributed by atoms with Crippen LogP contribution >= 0.6 is 11.3 Å². The van der Waals surface area contributed by atoms with Gasteiger partial charge in [-0.05, 0) is 30.5 Å². The lowest BCUT2D eigenvalue weighted by molar-refractivity contribution is 0.717. The Labute approximate surface area is 113 Å². The molecule has 1 aromatic carbocycles. The van der Waals surface area contributed by atoms with Gasteiger partial charge in [0.2, 0.25) is 0 Å². The standard InChI is InChI=1S/C15H20N2S/c1-2-3-4-5-13-6-8-14(9-7-13)17-11-15-10-16-12-18-15/h6-10,12,17H,2-5,11H2,1H3. The maximum atomic E-state index is 4.07. The van der Waals surface area contributed by atoms with Crippen molar-refractivity contribution in [3.8, 4) is 0 Å². The number of hydrogen-bond acceptors (Lipinski definition) is 3. The zero-order valence-corrected chi connectivity index (χ0v) is 11.7. The van der Waals surface area contributed by atoms with Crippen molar-refractivity contribution in [3.63, 3.8) is 0 Å². The van der Waals surface area contributed by atoms with Crippen LogP contribution in [-0.4, -0.2) is 4.98 Å². The number of benzene rings is 1. The molecular formula is C15H20N2S. The summed E-state index contributed by atoms with van der Waals surface area (Å²) in [7, 11) is 0. The van der Waals surface area contributed by atoms with Crippen LogP contribution in [-0.2, 0) is 13.0 Å². The van der Waals surface area contributed by atoms with Gasteiger partial charge in [0.15, 0.2) is 0 Å². The van der Waals surface area contributed by atoms with Crippen LogP contribution in [0.3, 0.4) is 0 Å². The molecule has 96 valence electrons. The van der Waals surface area contributed by atoms with Crippen molar-refractivity contribution in [1.82, 2.24) is 4.98 Å². The van der Waals surface area contributed by atoms with Gasteiger partial charge in [0.05, 0.1) is 12.1 Å². The minimum atomic E-state index is 0.861. The Balaban J connectivity index is 1.80. The Kier molecular flexibility index (Phi) is 5.21. The molecule has 0 fully saturated rings. The van der Waals surface area contributed by atoms with Gasteiger partial charge in [-0.1, -0.05) is 31.9 Å². The van der Waals surface area contributed by atoms with Gasteiger partial charge in [0, 0.05) is 16.8 Å². The Morgan fingerprint density at radius 1 is 1.17 bits per heavy atom. The molecule has 0 bridgehead atoms. The van der Waals surface area contributed by atoms with Crippen LogP contribution < -0.4 is 5.32 Å². The molecule has 0 saturated heterocycles. The first-order valence-corrected chi connectivity index (χ1v) is 7.46. The van der Waals surface area contributed by atoms with Gasteiger partial charge in [0.1, 0.15) is 0 Å². The summed E-state index contributed by atoms with van der Waals surface area (Å²) in [4.78, 5) is 5.33. The summed E-state index contributed by atoms with van der Waals surface area (Å²) >= 11 is 1.69. The zero-order valence-electron chi connectivity index (χ0n) is 10.9. The second-order valence-electron chi connectivity index (χ2n) is 4.48. The van der Waals surface area contributed by atoms with E-state index in [4.69, 9.17) is 0 Å². The summed E-state index contributed by atoms with van der Waals surface area (Å²) in [6, 6.07) is 8.79. The van der Waals surface area contributed by atoms with Gasteiger partial charge in [-0.3, -0.25) is 4.98 Å². The Hall–Kier alpha value is -1.35. The first-order chi connectivity index (χ1) is 8.88. The topological polar surface area (TPSA) is 24.9 Å². The summed E-state index contributed by atoms with van der Waals surface area (Å²) in [6.45, 7) is 3.10. The third-order valence-electron chi connectivity index (χ3n) is 2.97. The monoisotopic (exact) mass is 260 g/mol. The summed E-state index contributed by atoms with van der Waals surface area (Å²) in [5.41, 5.74) is 4.49. The lowest BCUT2D eigenvalue weighted by atomic mass is 10.1. The van der Waals surface area contributed by atoms with Crippen molar-refractivity contribution in [3.05, 3.63) is 46.4 Å². The van der Waals surface area contributed by atoms with Gasteiger partial charge >= 0.3 is 0 Å². The maximum Gasteiger partial charge on any atom is 0.0794 e. The molecule has 0 spiro atoms. The predicted molar refractivity (Wildman–Crippen MR) is 79.1 cm³/mol. The first kappa shape index (κ1) is 13.1. The minimum absolute atomic E-state index is 0.861. The molecule has 1 heterocycles. The maximum absolute atomic E-state index is 4.07. The number of thiazole rings is 1. The highest BCUT2D eigenvalue weighted by Gasteiger charge is 1.97. The molecular weight excluding hydrogens is 240 g/mol. The number of nitrogens with one attached hydrogen (secondary N) is 1. The van der Waals surface area contributed by atoms with Gasteiger partial charge < -0.3 is 5.32 Å². The van der Waals surface area contributed by atoms with E-state index in [1.807, 2.05) is 11.7 Å². The number of nitrogens with zero attached hydrogens (tertiary/aromatic N) is 1. The van der Waals surface area contributed by atoms with E-state index in [1.54, 1.807) is 11.3 Å². The predicted octanol–water partition coefficient (Wildman–Crippen LogP) is 4.49. The van der Waals surface area contributed by atoms with E-state index in [-0.39, 0.29) is 0 Å². The van der Waals surface area contributed by atoms with Crippen LogP contribution in [0, 0.1) is 0 Å². The van der Waals surface area contributed by atoms with Gasteiger partial charge in [0.25, 0.3) is 0 Å². The molecule has 2 rings (SSSR count). The fourth-order valence-corrected chi connectivity index (χ4v) is 2.42. The van der Waals surface area contributed by atoms with E-state index in [1.165, 1.54) is 41.8 Å². The third kappa shape index (κ3) is 4.15. The SMILES string of the molecule is CCCCCc1ccc(NCc2cncs2)cc1. The molecule has 0 aliphatic carbocycles. The largest absolute Gasteiger partial charge is 0.380 e. The Morgan fingerprint density at radius 3 is 2.67 bits per heavy atom. The van der Waals surface area contributed by atoms with E-state index >= 15 is 0 Å². The van der Waals surface area contributed by atoms with Crippen LogP contribution in [0.2, 0.25) is 0 Å². The summed E-state index contributed by atoms with van der Waals surface area (Å²) in [6.07, 6.45) is 7.02. The molecule has 0 saturated carbocycles. The second-order valence-corrected chi connectivity index (χ2v) is 5.45. The highest BCUT2D eigenvalue weighted by molar-refractivity contribution is 7.09. The zero-order chi connectivity index (χ0) is 12.6. The molecule has 1 aromatic heterocycles. The molecule has 1 N–H and O–H groups in total. The van der Waals surface area contributed by atoms with Crippen LogP contribution in [0.25, 0.3) is 0 Å². The van der Waals surface area contributed by atoms with E-state index < -0.39 is 0 Å². The highest BCUT2D eigenvalue weighted by Crippen LogP contribution is 2.14. The molecule has 0 amide bonds. The fourth-order valence-electron chi connectivity index (χ4n) is 1.89. The number of hydrogen-bond donors (Lipinski definition) is 1. The van der Waals surface area contributed by atoms with E-state index in [0.29, 0.717) is 0 Å². The van der Waals surface area contributed by atoms with Crippen LogP contribution in [0.1, 0.15) is 36.6 Å². The lowest BCUT2D eigenvalue weighted by Crippen LogP contribution is -1.97. The van der Waals surface area contributed by atoms with Crippen molar-refractivity contribution >= 4 is 17.0 Å². The average Bonchev–Trinajstić information content (AvgIpc) is 2.91. The molecule has 2 nitrogen and oxygen atoms in total. The molecule has 0 unspecified atom stereocenters. The normalized spacial score (nSPS) is 10.5.